The molecule has 0 aliphatic carbocycles. The first-order valence-electron chi connectivity index (χ1n) is 4.19. The van der Waals surface area contributed by atoms with E-state index in [4.69, 9.17) is 0 Å². The van der Waals surface area contributed by atoms with E-state index in [1.807, 2.05) is 25.3 Å². The van der Waals surface area contributed by atoms with Crippen LogP contribution in [0.25, 0.3) is 0 Å². The van der Waals surface area contributed by atoms with Crippen molar-refractivity contribution in [1.82, 2.24) is 5.32 Å². The Morgan fingerprint density at radius 2 is 2.36 bits per heavy atom. The van der Waals surface area contributed by atoms with Crippen LogP contribution in [0.1, 0.15) is 23.5 Å². The molecule has 1 radical (unpaired) electrons. The number of rotatable bonds is 2. The summed E-state index contributed by atoms with van der Waals surface area (Å²) in [7, 11) is 0. The Morgan fingerprint density at radius 1 is 1.64 bits per heavy atom. The van der Waals surface area contributed by atoms with Crippen LogP contribution in [0.4, 0.5) is 0 Å². The van der Waals surface area contributed by atoms with E-state index in [-0.39, 0.29) is 11.9 Å². The van der Waals surface area contributed by atoms with Gasteiger partial charge in [-0.1, -0.05) is 0 Å². The fourth-order valence-electron chi connectivity index (χ4n) is 0.833. The number of thiophene rings is 1. The van der Waals surface area contributed by atoms with E-state index >= 15 is 0 Å². The summed E-state index contributed by atoms with van der Waals surface area (Å²) in [6.45, 7) is 3.91. The second-order valence-electron chi connectivity index (χ2n) is 2.96. The van der Waals surface area contributed by atoms with Crippen molar-refractivity contribution in [2.24, 2.45) is 4.99 Å². The van der Waals surface area contributed by atoms with Gasteiger partial charge in [0.05, 0.1) is 0 Å². The standard InChI is InChI=1S/C9H11N2OSSe/c1-6(2)10-9(14)11-8(12)7-4-3-5-13-7/h3-6H,1-2H3,(H,10,11,12). The van der Waals surface area contributed by atoms with Gasteiger partial charge < -0.3 is 0 Å². The molecule has 0 saturated carbocycles. The van der Waals surface area contributed by atoms with Gasteiger partial charge in [0.25, 0.3) is 0 Å². The number of aliphatic imine (C=N–C) groups is 1. The SMILES string of the molecule is CC(C)N=C([Se])NC(=O)c1cccs1. The molecule has 0 aromatic carbocycles. The quantitative estimate of drug-likeness (QED) is 0.494. The van der Waals surface area contributed by atoms with E-state index in [1.54, 1.807) is 6.07 Å². The number of hydrogen-bond acceptors (Lipinski definition) is 3. The van der Waals surface area contributed by atoms with Crippen molar-refractivity contribution in [2.45, 2.75) is 19.9 Å². The van der Waals surface area contributed by atoms with Gasteiger partial charge in [-0.3, -0.25) is 0 Å². The zero-order chi connectivity index (χ0) is 10.6. The fraction of sp³-hybridized carbons (Fsp3) is 0.333. The molecule has 1 amide bonds. The molecule has 0 saturated heterocycles. The molecular weight excluding hydrogens is 263 g/mol. The average molecular weight is 274 g/mol. The topological polar surface area (TPSA) is 41.5 Å². The number of amides is 1. The first-order chi connectivity index (χ1) is 6.59. The number of hydrogen-bond donors (Lipinski definition) is 1. The molecule has 1 heterocycles. The van der Waals surface area contributed by atoms with Gasteiger partial charge in [0.2, 0.25) is 0 Å². The van der Waals surface area contributed by atoms with Crippen molar-refractivity contribution in [3.63, 3.8) is 0 Å². The van der Waals surface area contributed by atoms with Crippen molar-refractivity contribution in [3.8, 4) is 0 Å². The summed E-state index contributed by atoms with van der Waals surface area (Å²) in [5.41, 5.74) is 0. The molecule has 0 bridgehead atoms. The molecule has 0 atom stereocenters. The zero-order valence-electron chi connectivity index (χ0n) is 7.98. The maximum atomic E-state index is 11.5. The Morgan fingerprint density at radius 3 is 2.86 bits per heavy atom. The Labute approximate surface area is 95.4 Å². The number of carbonyl (C=O) groups excluding carboxylic acids is 1. The molecule has 14 heavy (non-hydrogen) atoms. The molecule has 0 aliphatic rings. The summed E-state index contributed by atoms with van der Waals surface area (Å²) in [5, 5.41) is 4.55. The molecule has 3 nitrogen and oxygen atoms in total. The van der Waals surface area contributed by atoms with Crippen LogP contribution in [0.2, 0.25) is 0 Å². The van der Waals surface area contributed by atoms with Gasteiger partial charge in [-0.15, -0.1) is 0 Å². The first kappa shape index (κ1) is 11.4. The van der Waals surface area contributed by atoms with Gasteiger partial charge in [-0.05, 0) is 0 Å². The van der Waals surface area contributed by atoms with Crippen molar-refractivity contribution < 1.29 is 4.79 Å². The van der Waals surface area contributed by atoms with Crippen molar-refractivity contribution in [2.75, 3.05) is 0 Å². The van der Waals surface area contributed by atoms with Crippen LogP contribution >= 0.6 is 11.3 Å². The third kappa shape index (κ3) is 3.62. The molecule has 1 rings (SSSR count). The molecule has 1 aromatic rings. The van der Waals surface area contributed by atoms with Gasteiger partial charge in [0.1, 0.15) is 0 Å². The minimum absolute atomic E-state index is 0.113. The molecule has 1 N–H and O–H groups in total. The average Bonchev–Trinajstić information content (AvgIpc) is 2.53. The Balaban J connectivity index is 2.58. The normalized spacial score (nSPS) is 11.8. The number of carbonyl (C=O) groups is 1. The fourth-order valence-corrected chi connectivity index (χ4v) is 2.09. The molecule has 5 heteroatoms. The molecule has 0 fully saturated rings. The molecular formula is C9H11N2OSSe. The van der Waals surface area contributed by atoms with E-state index in [0.717, 1.165) is 0 Å². The van der Waals surface area contributed by atoms with Gasteiger partial charge in [0.15, 0.2) is 0 Å². The van der Waals surface area contributed by atoms with Crippen molar-refractivity contribution >= 4 is 38.0 Å². The number of nitrogens with zero attached hydrogens (tertiary/aromatic N) is 1. The monoisotopic (exact) mass is 275 g/mol. The summed E-state index contributed by atoms with van der Waals surface area (Å²) in [4.78, 5) is 16.3. The Hall–Kier alpha value is -0.641. The molecule has 0 spiro atoms. The van der Waals surface area contributed by atoms with Crippen LogP contribution in [0, 0.1) is 0 Å². The van der Waals surface area contributed by atoms with E-state index in [2.05, 4.69) is 26.3 Å². The predicted molar refractivity (Wildman–Crippen MR) is 60.1 cm³/mol. The van der Waals surface area contributed by atoms with Crippen molar-refractivity contribution in [3.05, 3.63) is 22.4 Å². The second kappa shape index (κ2) is 5.29. The first-order valence-corrected chi connectivity index (χ1v) is 5.93. The molecule has 1 aromatic heterocycles. The van der Waals surface area contributed by atoms with Crippen LogP contribution in [0.3, 0.4) is 0 Å². The van der Waals surface area contributed by atoms with Crippen molar-refractivity contribution in [1.29, 1.82) is 0 Å². The summed E-state index contributed by atoms with van der Waals surface area (Å²) in [6.07, 6.45) is 0. The van der Waals surface area contributed by atoms with E-state index in [0.29, 0.717) is 9.61 Å². The Bertz CT molecular complexity index is 333. The van der Waals surface area contributed by atoms with Crippen LogP contribution in [-0.4, -0.2) is 32.7 Å². The van der Waals surface area contributed by atoms with Crippen LogP contribution in [0.15, 0.2) is 22.5 Å². The summed E-state index contributed by atoms with van der Waals surface area (Å²) in [5.74, 6) is -0.113. The van der Waals surface area contributed by atoms with Gasteiger partial charge in [-0.25, -0.2) is 0 Å². The van der Waals surface area contributed by atoms with Gasteiger partial charge in [-0.2, -0.15) is 0 Å². The third-order valence-corrected chi connectivity index (χ3v) is 2.64. The summed E-state index contributed by atoms with van der Waals surface area (Å²) >= 11 is 4.13. The van der Waals surface area contributed by atoms with E-state index < -0.39 is 0 Å². The second-order valence-corrected chi connectivity index (χ2v) is 4.72. The van der Waals surface area contributed by atoms with Gasteiger partial charge in [0, 0.05) is 0 Å². The van der Waals surface area contributed by atoms with Gasteiger partial charge >= 0.3 is 95.4 Å². The number of amidine groups is 1. The van der Waals surface area contributed by atoms with E-state index in [9.17, 15) is 4.79 Å². The number of nitrogens with one attached hydrogen (secondary N) is 1. The third-order valence-electron chi connectivity index (χ3n) is 1.34. The zero-order valence-corrected chi connectivity index (χ0v) is 10.5. The van der Waals surface area contributed by atoms with E-state index in [1.165, 1.54) is 11.3 Å². The van der Waals surface area contributed by atoms with Crippen LogP contribution < -0.4 is 5.32 Å². The summed E-state index contributed by atoms with van der Waals surface area (Å²) in [6, 6.07) is 3.80. The minimum atomic E-state index is -0.113. The molecule has 0 aliphatic heterocycles. The Kier molecular flexibility index (Phi) is 4.32. The molecule has 0 unspecified atom stereocenters. The molecule has 75 valence electrons. The predicted octanol–water partition coefficient (Wildman–Crippen LogP) is 1.41. The van der Waals surface area contributed by atoms with Crippen LogP contribution in [0.5, 0.6) is 0 Å². The summed E-state index contributed by atoms with van der Waals surface area (Å²) < 4.78 is 0.540. The maximum absolute atomic E-state index is 11.5. The van der Waals surface area contributed by atoms with Crippen LogP contribution in [-0.2, 0) is 0 Å².